The summed E-state index contributed by atoms with van der Waals surface area (Å²) in [5.41, 5.74) is 1.59. The first-order chi connectivity index (χ1) is 14.3. The van der Waals surface area contributed by atoms with Crippen molar-refractivity contribution in [1.29, 1.82) is 0 Å². The first-order valence-corrected chi connectivity index (χ1v) is 11.8. The molecule has 0 unspecified atom stereocenters. The van der Waals surface area contributed by atoms with Crippen LogP contribution >= 0.6 is 0 Å². The summed E-state index contributed by atoms with van der Waals surface area (Å²) in [4.78, 5) is 12.0. The summed E-state index contributed by atoms with van der Waals surface area (Å²) < 4.78 is 11.9. The number of carbonyl (C=O) groups excluding carboxylic acids is 1. The van der Waals surface area contributed by atoms with E-state index in [9.17, 15) is 20.1 Å². The normalized spacial score (nSPS) is 53.1. The maximum Gasteiger partial charge on any atom is 0.186 e. The molecular formula is C24H36O6. The third-order valence-corrected chi connectivity index (χ3v) is 9.67. The smallest absolute Gasteiger partial charge is 0.186 e. The predicted octanol–water partition coefficient (Wildman–Crippen LogP) is 2.34. The molecule has 0 bridgehead atoms. The van der Waals surface area contributed by atoms with Gasteiger partial charge in [-0.25, -0.2) is 0 Å². The van der Waals surface area contributed by atoms with E-state index in [4.69, 9.17) is 9.47 Å². The van der Waals surface area contributed by atoms with Gasteiger partial charge in [-0.2, -0.15) is 0 Å². The molecular weight excluding hydrogens is 384 g/mol. The molecule has 30 heavy (non-hydrogen) atoms. The molecule has 0 amide bonds. The van der Waals surface area contributed by atoms with E-state index in [1.54, 1.807) is 0 Å². The van der Waals surface area contributed by atoms with Gasteiger partial charge in [0.2, 0.25) is 0 Å². The number of ketones is 1. The fraction of sp³-hybridized carbons (Fsp3) is 0.875. The quantitative estimate of drug-likeness (QED) is 0.649. The highest BCUT2D eigenvalue weighted by atomic mass is 16.7. The van der Waals surface area contributed by atoms with Crippen molar-refractivity contribution in [2.45, 2.75) is 95.9 Å². The molecule has 0 aromatic heterocycles. The summed E-state index contributed by atoms with van der Waals surface area (Å²) in [6.07, 6.45) is 6.19. The maximum atomic E-state index is 12.0. The predicted molar refractivity (Wildman–Crippen MR) is 109 cm³/mol. The average Bonchev–Trinajstić information content (AvgIpc) is 3.20. The van der Waals surface area contributed by atoms with Crippen molar-refractivity contribution >= 4 is 5.78 Å². The highest BCUT2D eigenvalue weighted by Gasteiger charge is 2.60. The van der Waals surface area contributed by atoms with Crippen LogP contribution in [0.4, 0.5) is 0 Å². The summed E-state index contributed by atoms with van der Waals surface area (Å²) in [5.74, 6) is 2.16. The van der Waals surface area contributed by atoms with Gasteiger partial charge in [-0.15, -0.1) is 0 Å². The summed E-state index contributed by atoms with van der Waals surface area (Å²) in [7, 11) is 0. The Morgan fingerprint density at radius 1 is 1.07 bits per heavy atom. The van der Waals surface area contributed by atoms with E-state index >= 15 is 0 Å². The lowest BCUT2D eigenvalue weighted by Crippen LogP contribution is -2.52. The minimum Gasteiger partial charge on any atom is -0.394 e. The van der Waals surface area contributed by atoms with Gasteiger partial charge in [-0.1, -0.05) is 19.4 Å². The second-order valence-electron chi connectivity index (χ2n) is 10.9. The Morgan fingerprint density at radius 3 is 2.60 bits per heavy atom. The second-order valence-corrected chi connectivity index (χ2v) is 10.9. The average molecular weight is 421 g/mol. The second kappa shape index (κ2) is 7.38. The number of ether oxygens (including phenoxy) is 2. The minimum atomic E-state index is -1.12. The number of hydrogen-bond acceptors (Lipinski definition) is 6. The van der Waals surface area contributed by atoms with E-state index in [-0.39, 0.29) is 23.5 Å². The van der Waals surface area contributed by atoms with Crippen LogP contribution in [0.1, 0.15) is 65.2 Å². The Kier molecular flexibility index (Phi) is 5.18. The molecule has 0 spiro atoms. The van der Waals surface area contributed by atoms with Gasteiger partial charge in [-0.05, 0) is 79.6 Å². The van der Waals surface area contributed by atoms with Gasteiger partial charge in [0.1, 0.15) is 18.3 Å². The molecule has 0 aromatic rings. The lowest BCUT2D eigenvalue weighted by Gasteiger charge is -2.58. The summed E-state index contributed by atoms with van der Waals surface area (Å²) >= 11 is 0. The van der Waals surface area contributed by atoms with Gasteiger partial charge in [-0.3, -0.25) is 4.79 Å². The molecule has 3 N–H and O–H groups in total. The van der Waals surface area contributed by atoms with Gasteiger partial charge in [0.25, 0.3) is 0 Å². The lowest BCUT2D eigenvalue weighted by molar-refractivity contribution is -0.220. The largest absolute Gasteiger partial charge is 0.394 e. The van der Waals surface area contributed by atoms with Crippen LogP contribution in [0, 0.1) is 28.6 Å². The number of aliphatic hydroxyl groups excluding tert-OH is 3. The zero-order valence-electron chi connectivity index (χ0n) is 18.1. The Labute approximate surface area is 178 Å². The van der Waals surface area contributed by atoms with Crippen LogP contribution in [0.15, 0.2) is 11.6 Å². The van der Waals surface area contributed by atoms with Crippen molar-refractivity contribution in [3.8, 4) is 0 Å². The third-order valence-electron chi connectivity index (χ3n) is 9.67. The van der Waals surface area contributed by atoms with Crippen molar-refractivity contribution in [2.24, 2.45) is 28.6 Å². The minimum absolute atomic E-state index is 0.00887. The molecule has 6 heteroatoms. The molecule has 5 rings (SSSR count). The van der Waals surface area contributed by atoms with Crippen molar-refractivity contribution in [3.05, 3.63) is 11.6 Å². The summed E-state index contributed by atoms with van der Waals surface area (Å²) in [5, 5.41) is 29.8. The topological polar surface area (TPSA) is 96.2 Å². The van der Waals surface area contributed by atoms with Crippen molar-refractivity contribution in [1.82, 2.24) is 0 Å². The van der Waals surface area contributed by atoms with Crippen LogP contribution in [-0.4, -0.2) is 58.4 Å². The van der Waals surface area contributed by atoms with Gasteiger partial charge in [0, 0.05) is 6.42 Å². The van der Waals surface area contributed by atoms with Gasteiger partial charge < -0.3 is 24.8 Å². The molecule has 1 aliphatic heterocycles. The standard InChI is InChI=1S/C24H36O6/c1-23-9-7-14(26)11-13(23)3-4-15-16-5-6-19(24(16,2)10-8-17(15)23)30-22-21(28)20(27)18(12-25)29-22/h11,15-22,25,27-28H,3-10,12H2,1-2H3/t15-,16-,17-,18-,19-,20-,21+,22-,23-,24-/m0/s1. The van der Waals surface area contributed by atoms with E-state index in [1.165, 1.54) is 5.57 Å². The Balaban J connectivity index is 1.34. The Bertz CT molecular complexity index is 735. The fourth-order valence-corrected chi connectivity index (χ4v) is 7.87. The third kappa shape index (κ3) is 2.98. The zero-order chi connectivity index (χ0) is 21.3. The molecule has 5 aliphatic rings. The molecule has 3 saturated carbocycles. The molecule has 1 saturated heterocycles. The molecule has 0 radical (unpaired) electrons. The van der Waals surface area contributed by atoms with Crippen LogP contribution in [0.2, 0.25) is 0 Å². The first kappa shape index (κ1) is 21.1. The number of carbonyl (C=O) groups is 1. The van der Waals surface area contributed by atoms with E-state index < -0.39 is 24.6 Å². The molecule has 1 heterocycles. The Hall–Kier alpha value is -0.790. The van der Waals surface area contributed by atoms with E-state index in [1.807, 2.05) is 6.08 Å². The Morgan fingerprint density at radius 2 is 1.87 bits per heavy atom. The molecule has 4 aliphatic carbocycles. The lowest BCUT2D eigenvalue weighted by atomic mass is 9.47. The highest BCUT2D eigenvalue weighted by Crippen LogP contribution is 2.65. The molecule has 10 atom stereocenters. The first-order valence-electron chi connectivity index (χ1n) is 11.8. The molecule has 168 valence electrons. The number of hydrogen-bond donors (Lipinski definition) is 3. The summed E-state index contributed by atoms with van der Waals surface area (Å²) in [6, 6.07) is 0. The SMILES string of the molecule is C[C@]12CC[C@H]3[C@@H](CCC4=CC(=O)CC[C@@]43C)[C@@H]1CC[C@@H]2O[C@@H]1O[C@@H](CO)[C@H](O)[C@H]1O. The van der Waals surface area contributed by atoms with Crippen molar-refractivity contribution in [2.75, 3.05) is 6.61 Å². The maximum absolute atomic E-state index is 12.0. The number of aliphatic hydroxyl groups is 3. The van der Waals surface area contributed by atoms with E-state index in [0.717, 1.165) is 44.9 Å². The number of rotatable bonds is 3. The van der Waals surface area contributed by atoms with Crippen LogP contribution < -0.4 is 0 Å². The number of fused-ring (bicyclic) bond motifs is 5. The van der Waals surface area contributed by atoms with Crippen molar-refractivity contribution < 1.29 is 29.6 Å². The number of allylic oxidation sites excluding steroid dienone is 1. The monoisotopic (exact) mass is 420 g/mol. The van der Waals surface area contributed by atoms with Gasteiger partial charge in [0.05, 0.1) is 12.7 Å². The van der Waals surface area contributed by atoms with E-state index in [0.29, 0.717) is 30.0 Å². The zero-order valence-corrected chi connectivity index (χ0v) is 18.1. The molecule has 6 nitrogen and oxygen atoms in total. The van der Waals surface area contributed by atoms with Crippen molar-refractivity contribution in [3.63, 3.8) is 0 Å². The van der Waals surface area contributed by atoms with Gasteiger partial charge in [0.15, 0.2) is 12.1 Å². The highest BCUT2D eigenvalue weighted by molar-refractivity contribution is 5.91. The van der Waals surface area contributed by atoms with Crippen LogP contribution in [-0.2, 0) is 14.3 Å². The van der Waals surface area contributed by atoms with Gasteiger partial charge >= 0.3 is 0 Å². The van der Waals surface area contributed by atoms with Crippen LogP contribution in [0.3, 0.4) is 0 Å². The molecule has 0 aromatic carbocycles. The van der Waals surface area contributed by atoms with E-state index in [2.05, 4.69) is 13.8 Å². The molecule has 4 fully saturated rings. The fourth-order valence-electron chi connectivity index (χ4n) is 7.87. The van der Waals surface area contributed by atoms with Crippen LogP contribution in [0.25, 0.3) is 0 Å². The van der Waals surface area contributed by atoms with Crippen LogP contribution in [0.5, 0.6) is 0 Å². The summed E-state index contributed by atoms with van der Waals surface area (Å²) in [6.45, 7) is 4.40.